The van der Waals surface area contributed by atoms with Gasteiger partial charge in [0.05, 0.1) is 0 Å². The molecule has 0 aliphatic rings. The summed E-state index contributed by atoms with van der Waals surface area (Å²) in [5, 5.41) is 0. The zero-order chi connectivity index (χ0) is 9.84. The monoisotopic (exact) mass is 204 g/mol. The molecule has 0 aliphatic carbocycles. The topological polar surface area (TPSA) is 46.5 Å². The largest absolute Gasteiger partial charge is 0.380 e. The number of aryl methyl sites for hydroxylation is 1. The van der Waals surface area contributed by atoms with Gasteiger partial charge in [0, 0.05) is 0 Å². The minimum absolute atomic E-state index is 0.240. The van der Waals surface area contributed by atoms with Gasteiger partial charge >= 0.3 is 11.4 Å². The Kier molecular flexibility index (Phi) is 3.39. The van der Waals surface area contributed by atoms with E-state index in [0.29, 0.717) is 12.0 Å². The molecule has 0 bridgehead atoms. The Morgan fingerprint density at radius 1 is 1.62 bits per heavy atom. The van der Waals surface area contributed by atoms with Crippen LogP contribution in [0.4, 0.5) is 4.39 Å². The van der Waals surface area contributed by atoms with Crippen LogP contribution in [0.1, 0.15) is 12.5 Å². The third kappa shape index (κ3) is 2.78. The van der Waals surface area contributed by atoms with Gasteiger partial charge in [-0.1, -0.05) is 6.92 Å². The second-order valence-corrected chi connectivity index (χ2v) is 3.01. The molecule has 1 aromatic rings. The molecule has 5 heteroatoms. The maximum atomic E-state index is 12.7. The van der Waals surface area contributed by atoms with Gasteiger partial charge in [0.1, 0.15) is 11.6 Å². The molecule has 1 N–H and O–H groups in total. The molecule has 0 amide bonds. The summed E-state index contributed by atoms with van der Waals surface area (Å²) in [6.45, 7) is 1.81. The van der Waals surface area contributed by atoms with Crippen molar-refractivity contribution >= 4 is 11.4 Å². The van der Waals surface area contributed by atoms with E-state index in [4.69, 9.17) is 4.55 Å². The van der Waals surface area contributed by atoms with Crippen LogP contribution in [-0.4, -0.2) is 8.76 Å². The Morgan fingerprint density at radius 3 is 2.85 bits per heavy atom. The van der Waals surface area contributed by atoms with Crippen LogP contribution in [0.5, 0.6) is 5.75 Å². The molecular weight excluding hydrogens is 195 g/mol. The summed E-state index contributed by atoms with van der Waals surface area (Å²) >= 11 is -2.36. The predicted molar refractivity (Wildman–Crippen MR) is 47.2 cm³/mol. The molecule has 13 heavy (non-hydrogen) atoms. The lowest BCUT2D eigenvalue weighted by Crippen LogP contribution is -2.00. The molecule has 1 aromatic carbocycles. The van der Waals surface area contributed by atoms with E-state index >= 15 is 0 Å². The van der Waals surface area contributed by atoms with Crippen LogP contribution in [0.3, 0.4) is 0 Å². The minimum atomic E-state index is -2.36. The second-order valence-electron chi connectivity index (χ2n) is 2.41. The summed E-state index contributed by atoms with van der Waals surface area (Å²) in [7, 11) is 0. The summed E-state index contributed by atoms with van der Waals surface area (Å²) in [4.78, 5) is 0. The van der Waals surface area contributed by atoms with Crippen LogP contribution in [0, 0.1) is 5.82 Å². The highest BCUT2D eigenvalue weighted by molar-refractivity contribution is 7.74. The molecule has 0 spiro atoms. The number of halogens is 1. The highest BCUT2D eigenvalue weighted by Crippen LogP contribution is 2.20. The maximum Gasteiger partial charge on any atom is 0.357 e. The van der Waals surface area contributed by atoms with Crippen molar-refractivity contribution in [2.75, 3.05) is 0 Å². The van der Waals surface area contributed by atoms with Crippen LogP contribution in [0.25, 0.3) is 0 Å². The molecule has 0 saturated carbocycles. The molecule has 3 nitrogen and oxygen atoms in total. The zero-order valence-corrected chi connectivity index (χ0v) is 7.81. The number of rotatable bonds is 3. The molecule has 1 unspecified atom stereocenters. The average Bonchev–Trinajstić information content (AvgIpc) is 2.07. The van der Waals surface area contributed by atoms with Crippen molar-refractivity contribution in [3.8, 4) is 5.75 Å². The van der Waals surface area contributed by atoms with Crippen molar-refractivity contribution in [3.63, 3.8) is 0 Å². The first-order valence-corrected chi connectivity index (χ1v) is 4.74. The zero-order valence-electron chi connectivity index (χ0n) is 6.99. The molecule has 1 atom stereocenters. The van der Waals surface area contributed by atoms with E-state index in [1.54, 1.807) is 0 Å². The van der Waals surface area contributed by atoms with Gasteiger partial charge in [0.15, 0.2) is 0 Å². The van der Waals surface area contributed by atoms with Gasteiger partial charge in [-0.25, -0.2) is 4.39 Å². The standard InChI is InChI=1S/C8H9FO3S/c1-2-6-5-7(9)3-4-8(6)12-13(10)11/h3-5H,2H2,1H3,(H,10,11). The van der Waals surface area contributed by atoms with Crippen LogP contribution in [0.2, 0.25) is 0 Å². The maximum absolute atomic E-state index is 12.7. The van der Waals surface area contributed by atoms with E-state index in [1.165, 1.54) is 18.2 Å². The van der Waals surface area contributed by atoms with Gasteiger partial charge in [-0.2, -0.15) is 4.21 Å². The lowest BCUT2D eigenvalue weighted by molar-refractivity contribution is 0.454. The number of hydrogen-bond donors (Lipinski definition) is 1. The molecule has 0 heterocycles. The summed E-state index contributed by atoms with van der Waals surface area (Å²) < 4.78 is 36.0. The molecule has 0 radical (unpaired) electrons. The Morgan fingerprint density at radius 2 is 2.31 bits per heavy atom. The first kappa shape index (κ1) is 10.1. The summed E-state index contributed by atoms with van der Waals surface area (Å²) in [6, 6.07) is 3.80. The van der Waals surface area contributed by atoms with Crippen molar-refractivity contribution in [3.05, 3.63) is 29.6 Å². The highest BCUT2D eigenvalue weighted by Gasteiger charge is 2.05. The first-order valence-electron chi connectivity index (χ1n) is 3.71. The van der Waals surface area contributed by atoms with Gasteiger partial charge < -0.3 is 4.18 Å². The predicted octanol–water partition coefficient (Wildman–Crippen LogP) is 1.90. The SMILES string of the molecule is CCc1cc(F)ccc1OS(=O)O. The molecule has 72 valence electrons. The van der Waals surface area contributed by atoms with Crippen LogP contribution in [-0.2, 0) is 17.8 Å². The number of hydrogen-bond acceptors (Lipinski definition) is 2. The van der Waals surface area contributed by atoms with E-state index in [-0.39, 0.29) is 11.6 Å². The van der Waals surface area contributed by atoms with Crippen LogP contribution < -0.4 is 4.18 Å². The van der Waals surface area contributed by atoms with E-state index < -0.39 is 11.4 Å². The third-order valence-corrected chi connectivity index (χ3v) is 1.89. The Labute approximate surface area is 78.0 Å². The lowest BCUT2D eigenvalue weighted by Gasteiger charge is -2.05. The fraction of sp³-hybridized carbons (Fsp3) is 0.250. The van der Waals surface area contributed by atoms with E-state index in [1.807, 2.05) is 6.92 Å². The molecule has 0 fully saturated rings. The Balaban J connectivity index is 2.99. The van der Waals surface area contributed by atoms with Gasteiger partial charge in [-0.15, -0.1) is 0 Å². The van der Waals surface area contributed by atoms with Crippen molar-refractivity contribution < 1.29 is 17.3 Å². The van der Waals surface area contributed by atoms with Gasteiger partial charge in [-0.05, 0) is 30.2 Å². The summed E-state index contributed by atoms with van der Waals surface area (Å²) in [5.74, 6) is -0.141. The van der Waals surface area contributed by atoms with Gasteiger partial charge in [-0.3, -0.25) is 4.55 Å². The molecule has 0 aromatic heterocycles. The summed E-state index contributed by atoms with van der Waals surface area (Å²) in [5.41, 5.74) is 0.572. The van der Waals surface area contributed by atoms with Crippen molar-refractivity contribution in [2.24, 2.45) is 0 Å². The van der Waals surface area contributed by atoms with E-state index in [0.717, 1.165) is 0 Å². The fourth-order valence-corrected chi connectivity index (χ4v) is 1.30. The Bertz CT molecular complexity index is 327. The summed E-state index contributed by atoms with van der Waals surface area (Å²) in [6.07, 6.45) is 0.546. The highest BCUT2D eigenvalue weighted by atomic mass is 32.2. The van der Waals surface area contributed by atoms with Crippen molar-refractivity contribution in [2.45, 2.75) is 13.3 Å². The lowest BCUT2D eigenvalue weighted by atomic mass is 10.1. The van der Waals surface area contributed by atoms with Crippen molar-refractivity contribution in [1.82, 2.24) is 0 Å². The third-order valence-electron chi connectivity index (χ3n) is 1.56. The molecule has 0 saturated heterocycles. The molecular formula is C8H9FO3S. The van der Waals surface area contributed by atoms with Crippen LogP contribution >= 0.6 is 0 Å². The van der Waals surface area contributed by atoms with Crippen LogP contribution in [0.15, 0.2) is 18.2 Å². The normalized spacial score (nSPS) is 12.5. The molecule has 1 rings (SSSR count). The average molecular weight is 204 g/mol. The quantitative estimate of drug-likeness (QED) is 0.765. The second kappa shape index (κ2) is 4.34. The Hall–Kier alpha value is -0.940. The minimum Gasteiger partial charge on any atom is -0.380 e. The number of benzene rings is 1. The van der Waals surface area contributed by atoms with Gasteiger partial charge in [0.25, 0.3) is 0 Å². The smallest absolute Gasteiger partial charge is 0.357 e. The van der Waals surface area contributed by atoms with E-state index in [2.05, 4.69) is 4.18 Å². The molecule has 0 aliphatic heterocycles. The van der Waals surface area contributed by atoms with Gasteiger partial charge in [0.2, 0.25) is 0 Å². The first-order chi connectivity index (χ1) is 6.13. The van der Waals surface area contributed by atoms with Crippen molar-refractivity contribution in [1.29, 1.82) is 0 Å². The fourth-order valence-electron chi connectivity index (χ4n) is 0.982. The van der Waals surface area contributed by atoms with E-state index in [9.17, 15) is 8.60 Å².